The predicted octanol–water partition coefficient (Wildman–Crippen LogP) is 1.45. The van der Waals surface area contributed by atoms with E-state index in [0.29, 0.717) is 32.7 Å². The van der Waals surface area contributed by atoms with Crippen LogP contribution in [-0.2, 0) is 0 Å². The Bertz CT molecular complexity index is 795. The van der Waals surface area contributed by atoms with Gasteiger partial charge in [0.05, 0.1) is 5.69 Å². The molecule has 25 heavy (non-hydrogen) atoms. The van der Waals surface area contributed by atoms with Gasteiger partial charge in [-0.15, -0.1) is 6.58 Å². The lowest BCUT2D eigenvalue weighted by Gasteiger charge is -2.36. The molecule has 0 saturated carbocycles. The standard InChI is InChI=1S/C18H21N5O2/c1-2-8-19-18(25)23-11-9-22(10-12-23)15-13-16(24)20-21-17(15)14-6-4-3-5-7-14/h2-7,13H,1,8-12H2,(H,19,25)(H,20,24). The van der Waals surface area contributed by atoms with Crippen LogP contribution in [0.3, 0.4) is 0 Å². The van der Waals surface area contributed by atoms with Crippen molar-refractivity contribution in [1.82, 2.24) is 20.4 Å². The summed E-state index contributed by atoms with van der Waals surface area (Å²) in [5.41, 5.74) is 2.24. The number of anilines is 1. The van der Waals surface area contributed by atoms with E-state index < -0.39 is 0 Å². The molecule has 1 saturated heterocycles. The van der Waals surface area contributed by atoms with Gasteiger partial charge in [-0.1, -0.05) is 36.4 Å². The lowest BCUT2D eigenvalue weighted by Crippen LogP contribution is -2.52. The molecule has 1 fully saturated rings. The summed E-state index contributed by atoms with van der Waals surface area (Å²) in [5.74, 6) is 0. The quantitative estimate of drug-likeness (QED) is 0.826. The molecule has 0 aliphatic carbocycles. The van der Waals surface area contributed by atoms with Crippen molar-refractivity contribution in [3.8, 4) is 11.3 Å². The largest absolute Gasteiger partial charge is 0.366 e. The number of urea groups is 1. The molecule has 7 heteroatoms. The van der Waals surface area contributed by atoms with Crippen molar-refractivity contribution in [2.24, 2.45) is 0 Å². The van der Waals surface area contributed by atoms with Gasteiger partial charge in [0.15, 0.2) is 0 Å². The van der Waals surface area contributed by atoms with Crippen molar-refractivity contribution in [3.05, 3.63) is 59.4 Å². The second kappa shape index (κ2) is 7.65. The van der Waals surface area contributed by atoms with Crippen LogP contribution in [0.4, 0.5) is 10.5 Å². The monoisotopic (exact) mass is 339 g/mol. The topological polar surface area (TPSA) is 81.3 Å². The zero-order chi connectivity index (χ0) is 17.6. The van der Waals surface area contributed by atoms with Crippen LogP contribution in [0.15, 0.2) is 53.8 Å². The van der Waals surface area contributed by atoms with Gasteiger partial charge in [-0.3, -0.25) is 4.79 Å². The first-order valence-corrected chi connectivity index (χ1v) is 8.23. The van der Waals surface area contributed by atoms with Gasteiger partial charge in [-0.2, -0.15) is 5.10 Å². The van der Waals surface area contributed by atoms with Gasteiger partial charge in [0.1, 0.15) is 5.69 Å². The summed E-state index contributed by atoms with van der Waals surface area (Å²) in [7, 11) is 0. The molecular formula is C18H21N5O2. The number of aromatic nitrogens is 2. The summed E-state index contributed by atoms with van der Waals surface area (Å²) in [6, 6.07) is 11.2. The van der Waals surface area contributed by atoms with Crippen LogP contribution in [0.5, 0.6) is 0 Å². The maximum atomic E-state index is 12.0. The Kier molecular flexibility index (Phi) is 5.13. The molecule has 2 N–H and O–H groups in total. The lowest BCUT2D eigenvalue weighted by atomic mass is 10.1. The van der Waals surface area contributed by atoms with Crippen LogP contribution in [0.1, 0.15) is 0 Å². The van der Waals surface area contributed by atoms with Gasteiger partial charge in [0.25, 0.3) is 5.56 Å². The number of amides is 2. The van der Waals surface area contributed by atoms with Crippen LogP contribution in [0.25, 0.3) is 11.3 Å². The molecule has 130 valence electrons. The highest BCUT2D eigenvalue weighted by atomic mass is 16.2. The molecule has 1 aromatic carbocycles. The molecule has 0 unspecified atom stereocenters. The molecule has 2 aromatic rings. The first kappa shape index (κ1) is 16.8. The highest BCUT2D eigenvalue weighted by Crippen LogP contribution is 2.27. The number of hydrogen-bond donors (Lipinski definition) is 2. The van der Waals surface area contributed by atoms with E-state index in [1.54, 1.807) is 17.0 Å². The summed E-state index contributed by atoms with van der Waals surface area (Å²) >= 11 is 0. The summed E-state index contributed by atoms with van der Waals surface area (Å²) in [4.78, 5) is 27.7. The third-order valence-corrected chi connectivity index (χ3v) is 4.14. The lowest BCUT2D eigenvalue weighted by molar-refractivity contribution is 0.195. The first-order valence-electron chi connectivity index (χ1n) is 8.23. The summed E-state index contributed by atoms with van der Waals surface area (Å²) in [6.45, 7) is 6.51. The number of rotatable bonds is 4. The van der Waals surface area contributed by atoms with E-state index in [0.717, 1.165) is 16.9 Å². The minimum Gasteiger partial charge on any atom is -0.366 e. The van der Waals surface area contributed by atoms with Crippen LogP contribution >= 0.6 is 0 Å². The number of aromatic amines is 1. The molecule has 7 nitrogen and oxygen atoms in total. The molecule has 0 spiro atoms. The Morgan fingerprint density at radius 1 is 1.24 bits per heavy atom. The number of piperazine rings is 1. The van der Waals surface area contributed by atoms with Crippen molar-refractivity contribution in [3.63, 3.8) is 0 Å². The second-order valence-corrected chi connectivity index (χ2v) is 5.78. The Morgan fingerprint density at radius 3 is 2.64 bits per heavy atom. The fourth-order valence-electron chi connectivity index (χ4n) is 2.86. The molecule has 0 atom stereocenters. The van der Waals surface area contributed by atoms with Gasteiger partial charge < -0.3 is 15.1 Å². The van der Waals surface area contributed by atoms with Crippen molar-refractivity contribution in [2.45, 2.75) is 0 Å². The Hall–Kier alpha value is -3.09. The van der Waals surface area contributed by atoms with E-state index in [-0.39, 0.29) is 11.6 Å². The number of benzene rings is 1. The van der Waals surface area contributed by atoms with E-state index in [2.05, 4.69) is 27.0 Å². The number of carbonyl (C=O) groups excluding carboxylic acids is 1. The van der Waals surface area contributed by atoms with Crippen LogP contribution in [0.2, 0.25) is 0 Å². The second-order valence-electron chi connectivity index (χ2n) is 5.78. The Balaban J connectivity index is 1.77. The summed E-state index contributed by atoms with van der Waals surface area (Å²) in [6.07, 6.45) is 1.65. The number of nitrogens with zero attached hydrogens (tertiary/aromatic N) is 3. The van der Waals surface area contributed by atoms with Crippen molar-refractivity contribution in [2.75, 3.05) is 37.6 Å². The van der Waals surface area contributed by atoms with E-state index in [9.17, 15) is 9.59 Å². The SMILES string of the molecule is C=CCNC(=O)N1CCN(c2cc(=O)[nH]nc2-c2ccccc2)CC1. The molecule has 1 aromatic heterocycles. The zero-order valence-corrected chi connectivity index (χ0v) is 13.9. The van der Waals surface area contributed by atoms with Gasteiger partial charge in [0, 0.05) is 44.4 Å². The van der Waals surface area contributed by atoms with Crippen molar-refractivity contribution < 1.29 is 4.79 Å². The fourth-order valence-corrected chi connectivity index (χ4v) is 2.86. The first-order chi connectivity index (χ1) is 12.2. The van der Waals surface area contributed by atoms with Crippen LogP contribution < -0.4 is 15.8 Å². The molecule has 2 amide bonds. The molecule has 2 heterocycles. The van der Waals surface area contributed by atoms with E-state index in [1.165, 1.54) is 0 Å². The molecule has 1 aliphatic rings. The zero-order valence-electron chi connectivity index (χ0n) is 13.9. The third-order valence-electron chi connectivity index (χ3n) is 4.14. The number of H-pyrrole nitrogens is 1. The van der Waals surface area contributed by atoms with E-state index >= 15 is 0 Å². The Labute approximate surface area is 146 Å². The van der Waals surface area contributed by atoms with E-state index in [4.69, 9.17) is 0 Å². The molecular weight excluding hydrogens is 318 g/mol. The highest BCUT2D eigenvalue weighted by molar-refractivity contribution is 5.76. The van der Waals surface area contributed by atoms with Gasteiger partial charge in [-0.25, -0.2) is 9.89 Å². The fraction of sp³-hybridized carbons (Fsp3) is 0.278. The average molecular weight is 339 g/mol. The normalized spacial score (nSPS) is 14.2. The van der Waals surface area contributed by atoms with Crippen LogP contribution in [-0.4, -0.2) is 53.9 Å². The van der Waals surface area contributed by atoms with Crippen LogP contribution in [0, 0.1) is 0 Å². The highest BCUT2D eigenvalue weighted by Gasteiger charge is 2.23. The minimum absolute atomic E-state index is 0.0909. The molecule has 1 aliphatic heterocycles. The molecule has 0 radical (unpaired) electrons. The van der Waals surface area contributed by atoms with Crippen molar-refractivity contribution >= 4 is 11.7 Å². The summed E-state index contributed by atoms with van der Waals surface area (Å²) in [5, 5.41) is 9.53. The van der Waals surface area contributed by atoms with Gasteiger partial charge >= 0.3 is 6.03 Å². The Morgan fingerprint density at radius 2 is 1.96 bits per heavy atom. The third kappa shape index (κ3) is 3.88. The number of hydrogen-bond acceptors (Lipinski definition) is 4. The maximum absolute atomic E-state index is 12.0. The minimum atomic E-state index is -0.235. The smallest absolute Gasteiger partial charge is 0.317 e. The predicted molar refractivity (Wildman–Crippen MR) is 97.7 cm³/mol. The van der Waals surface area contributed by atoms with Gasteiger partial charge in [0.2, 0.25) is 0 Å². The van der Waals surface area contributed by atoms with Crippen molar-refractivity contribution in [1.29, 1.82) is 0 Å². The molecule has 3 rings (SSSR count). The van der Waals surface area contributed by atoms with E-state index in [1.807, 2.05) is 30.3 Å². The average Bonchev–Trinajstić information content (AvgIpc) is 2.67. The van der Waals surface area contributed by atoms with Gasteiger partial charge in [-0.05, 0) is 0 Å². The number of carbonyl (C=O) groups is 1. The molecule has 0 bridgehead atoms. The number of nitrogens with one attached hydrogen (secondary N) is 2. The maximum Gasteiger partial charge on any atom is 0.317 e. The summed E-state index contributed by atoms with van der Waals surface area (Å²) < 4.78 is 0.